The third-order valence-corrected chi connectivity index (χ3v) is 5.73. The first kappa shape index (κ1) is 21.9. The average molecular weight is 437 g/mol. The number of nitrogens with one attached hydrogen (secondary N) is 2. The summed E-state index contributed by atoms with van der Waals surface area (Å²) >= 11 is 5.95. The molecule has 9 nitrogen and oxygen atoms in total. The number of rotatable bonds is 7. The highest BCUT2D eigenvalue weighted by molar-refractivity contribution is 6.31. The van der Waals surface area contributed by atoms with E-state index >= 15 is 0 Å². The van der Waals surface area contributed by atoms with Crippen LogP contribution in [0.2, 0.25) is 5.02 Å². The summed E-state index contributed by atoms with van der Waals surface area (Å²) in [4.78, 5) is 51.9. The number of urea groups is 1. The average Bonchev–Trinajstić information content (AvgIpc) is 3.25. The molecule has 10 heteroatoms. The molecular formula is C20H25ClN4O5. The van der Waals surface area contributed by atoms with Crippen molar-refractivity contribution >= 4 is 41.0 Å². The Kier molecular flexibility index (Phi) is 6.50. The Balaban J connectivity index is 1.51. The van der Waals surface area contributed by atoms with Gasteiger partial charge < -0.3 is 20.3 Å². The lowest BCUT2D eigenvalue weighted by Gasteiger charge is -2.21. The lowest BCUT2D eigenvalue weighted by molar-refractivity contribution is -0.135. The maximum atomic E-state index is 12.6. The summed E-state index contributed by atoms with van der Waals surface area (Å²) in [6.45, 7) is -0.210. The highest BCUT2D eigenvalue weighted by Crippen LogP contribution is 2.35. The molecule has 0 radical (unpaired) electrons. The SMILES string of the molecule is COc1ccc(Cl)cc1NC(=O)CN(C)C(=O)CCN1C(=O)NC2(CCCC2)C1=O. The zero-order valence-electron chi connectivity index (χ0n) is 17.0. The zero-order chi connectivity index (χ0) is 21.9. The standard InChI is InChI=1S/C20H25ClN4O5/c1-24(12-16(26)22-14-11-13(21)5-6-15(14)30-2)17(27)7-10-25-18(28)20(23-19(25)29)8-3-4-9-20/h5-6,11H,3-4,7-10,12H2,1-2H3,(H,22,26)(H,23,29). The van der Waals surface area contributed by atoms with Crippen molar-refractivity contribution in [2.24, 2.45) is 0 Å². The molecule has 5 amide bonds. The Labute approximate surface area is 179 Å². The van der Waals surface area contributed by atoms with E-state index in [9.17, 15) is 19.2 Å². The Morgan fingerprint density at radius 1 is 1.30 bits per heavy atom. The van der Waals surface area contributed by atoms with Gasteiger partial charge in [-0.3, -0.25) is 19.3 Å². The van der Waals surface area contributed by atoms with E-state index in [1.54, 1.807) is 18.2 Å². The second-order valence-electron chi connectivity index (χ2n) is 7.57. The van der Waals surface area contributed by atoms with E-state index < -0.39 is 17.5 Å². The number of benzene rings is 1. The normalized spacial score (nSPS) is 17.2. The molecular weight excluding hydrogens is 412 g/mol. The summed E-state index contributed by atoms with van der Waals surface area (Å²) in [5, 5.41) is 5.88. The van der Waals surface area contributed by atoms with Gasteiger partial charge in [0, 0.05) is 25.0 Å². The molecule has 0 bridgehead atoms. The summed E-state index contributed by atoms with van der Waals surface area (Å²) in [6.07, 6.45) is 3.01. The third-order valence-electron chi connectivity index (χ3n) is 5.49. The van der Waals surface area contributed by atoms with Crippen molar-refractivity contribution in [2.45, 2.75) is 37.6 Å². The van der Waals surface area contributed by atoms with Gasteiger partial charge in [0.2, 0.25) is 11.8 Å². The number of imide groups is 1. The van der Waals surface area contributed by atoms with E-state index in [0.29, 0.717) is 29.3 Å². The molecule has 1 spiro atoms. The van der Waals surface area contributed by atoms with Crippen molar-refractivity contribution in [2.75, 3.05) is 32.6 Å². The molecule has 1 aliphatic heterocycles. The fourth-order valence-electron chi connectivity index (χ4n) is 3.87. The van der Waals surface area contributed by atoms with Crippen LogP contribution in [0.25, 0.3) is 0 Å². The molecule has 1 aliphatic carbocycles. The quantitative estimate of drug-likeness (QED) is 0.635. The molecule has 30 heavy (non-hydrogen) atoms. The molecule has 0 atom stereocenters. The monoisotopic (exact) mass is 436 g/mol. The maximum absolute atomic E-state index is 12.6. The van der Waals surface area contributed by atoms with Crippen LogP contribution in [0.5, 0.6) is 5.75 Å². The number of likely N-dealkylation sites (N-methyl/N-ethyl adjacent to an activating group) is 1. The van der Waals surface area contributed by atoms with Crippen molar-refractivity contribution in [3.8, 4) is 5.75 Å². The smallest absolute Gasteiger partial charge is 0.325 e. The van der Waals surface area contributed by atoms with Crippen molar-refractivity contribution in [1.82, 2.24) is 15.1 Å². The van der Waals surface area contributed by atoms with E-state index in [0.717, 1.165) is 17.7 Å². The lowest BCUT2D eigenvalue weighted by atomic mass is 9.98. The van der Waals surface area contributed by atoms with Crippen LogP contribution in [0.15, 0.2) is 18.2 Å². The highest BCUT2D eigenvalue weighted by Gasteiger charge is 2.52. The second kappa shape index (κ2) is 8.91. The van der Waals surface area contributed by atoms with Crippen molar-refractivity contribution in [3.63, 3.8) is 0 Å². The number of anilines is 1. The van der Waals surface area contributed by atoms with Crippen LogP contribution >= 0.6 is 11.6 Å². The number of nitrogens with zero attached hydrogens (tertiary/aromatic N) is 2. The Morgan fingerprint density at radius 2 is 2.00 bits per heavy atom. The molecule has 1 aromatic rings. The Morgan fingerprint density at radius 3 is 2.67 bits per heavy atom. The van der Waals surface area contributed by atoms with Gasteiger partial charge in [0.25, 0.3) is 5.91 Å². The zero-order valence-corrected chi connectivity index (χ0v) is 17.8. The van der Waals surface area contributed by atoms with Gasteiger partial charge in [-0.2, -0.15) is 0 Å². The summed E-state index contributed by atoms with van der Waals surface area (Å²) < 4.78 is 5.18. The van der Waals surface area contributed by atoms with E-state index in [1.807, 2.05) is 0 Å². The number of halogens is 1. The van der Waals surface area contributed by atoms with E-state index in [2.05, 4.69) is 10.6 Å². The molecule has 1 saturated carbocycles. The predicted molar refractivity (Wildman–Crippen MR) is 110 cm³/mol. The Hall–Kier alpha value is -2.81. The number of carbonyl (C=O) groups excluding carboxylic acids is 4. The number of amides is 5. The minimum absolute atomic E-state index is 0.0146. The molecule has 1 heterocycles. The van der Waals surface area contributed by atoms with E-state index in [1.165, 1.54) is 19.1 Å². The largest absolute Gasteiger partial charge is 0.495 e. The van der Waals surface area contributed by atoms with E-state index in [4.69, 9.17) is 16.3 Å². The number of carbonyl (C=O) groups is 4. The predicted octanol–water partition coefficient (Wildman–Crippen LogP) is 2.00. The summed E-state index contributed by atoms with van der Waals surface area (Å²) in [7, 11) is 2.96. The van der Waals surface area contributed by atoms with Gasteiger partial charge in [0.1, 0.15) is 11.3 Å². The van der Waals surface area contributed by atoms with Crippen LogP contribution in [0.3, 0.4) is 0 Å². The van der Waals surface area contributed by atoms with Gasteiger partial charge in [-0.25, -0.2) is 4.79 Å². The van der Waals surface area contributed by atoms with Crippen LogP contribution in [0, 0.1) is 0 Å². The molecule has 0 aromatic heterocycles. The Bertz CT molecular complexity index is 869. The van der Waals surface area contributed by atoms with Crippen LogP contribution in [0.4, 0.5) is 10.5 Å². The maximum Gasteiger partial charge on any atom is 0.325 e. The van der Waals surface area contributed by atoms with Crippen LogP contribution < -0.4 is 15.4 Å². The first-order chi connectivity index (χ1) is 14.3. The molecule has 1 saturated heterocycles. The molecule has 1 aromatic carbocycles. The number of hydrogen-bond donors (Lipinski definition) is 2. The topological polar surface area (TPSA) is 108 Å². The van der Waals surface area contributed by atoms with Gasteiger partial charge in [-0.05, 0) is 31.0 Å². The molecule has 0 unspecified atom stereocenters. The fourth-order valence-corrected chi connectivity index (χ4v) is 4.04. The van der Waals surface area contributed by atoms with Crippen LogP contribution in [-0.2, 0) is 14.4 Å². The van der Waals surface area contributed by atoms with Gasteiger partial charge in [-0.15, -0.1) is 0 Å². The van der Waals surface area contributed by atoms with Gasteiger partial charge in [0.05, 0.1) is 19.3 Å². The molecule has 2 fully saturated rings. The minimum Gasteiger partial charge on any atom is -0.495 e. The number of ether oxygens (including phenoxy) is 1. The van der Waals surface area contributed by atoms with Crippen molar-refractivity contribution < 1.29 is 23.9 Å². The first-order valence-corrected chi connectivity index (χ1v) is 10.1. The van der Waals surface area contributed by atoms with Gasteiger partial charge >= 0.3 is 6.03 Å². The first-order valence-electron chi connectivity index (χ1n) is 9.77. The highest BCUT2D eigenvalue weighted by atomic mass is 35.5. The molecule has 2 aliphatic rings. The molecule has 162 valence electrons. The summed E-state index contributed by atoms with van der Waals surface area (Å²) in [5.41, 5.74) is -0.390. The van der Waals surface area contributed by atoms with E-state index in [-0.39, 0.29) is 31.3 Å². The molecule has 3 rings (SSSR count). The second-order valence-corrected chi connectivity index (χ2v) is 8.01. The van der Waals surface area contributed by atoms with Crippen molar-refractivity contribution in [3.05, 3.63) is 23.2 Å². The fraction of sp³-hybridized carbons (Fsp3) is 0.500. The number of methoxy groups -OCH3 is 1. The van der Waals surface area contributed by atoms with Gasteiger partial charge in [0.15, 0.2) is 0 Å². The third kappa shape index (κ3) is 4.51. The van der Waals surface area contributed by atoms with Crippen molar-refractivity contribution in [1.29, 1.82) is 0 Å². The lowest BCUT2D eigenvalue weighted by Crippen LogP contribution is -2.44. The van der Waals surface area contributed by atoms with Crippen LogP contribution in [-0.4, -0.2) is 66.3 Å². The molecule has 2 N–H and O–H groups in total. The van der Waals surface area contributed by atoms with Gasteiger partial charge in [-0.1, -0.05) is 24.4 Å². The van der Waals surface area contributed by atoms with Crippen LogP contribution in [0.1, 0.15) is 32.1 Å². The number of hydrogen-bond acceptors (Lipinski definition) is 5. The summed E-state index contributed by atoms with van der Waals surface area (Å²) in [6, 6.07) is 4.36. The summed E-state index contributed by atoms with van der Waals surface area (Å²) in [5.74, 6) is -0.588. The minimum atomic E-state index is -0.790.